The van der Waals surface area contributed by atoms with E-state index in [1.807, 2.05) is 13.0 Å². The van der Waals surface area contributed by atoms with Crippen molar-refractivity contribution < 1.29 is 8.60 Å². The summed E-state index contributed by atoms with van der Waals surface area (Å²) in [5.41, 5.74) is 2.74. The first-order valence-electron chi connectivity index (χ1n) is 8.19. The largest absolute Gasteiger partial charge is 0.369 e. The maximum absolute atomic E-state index is 13.7. The van der Waals surface area contributed by atoms with Gasteiger partial charge >= 0.3 is 0 Å². The second-order valence-electron chi connectivity index (χ2n) is 6.31. The SMILES string of the molecule is CCC1(CC)CN(c2cc(C)nc3ccc(F)cc23)CCS1=O. The fourth-order valence-electron chi connectivity index (χ4n) is 3.48. The summed E-state index contributed by atoms with van der Waals surface area (Å²) in [6.07, 6.45) is 1.78. The lowest BCUT2D eigenvalue weighted by atomic mass is 10.00. The van der Waals surface area contributed by atoms with Gasteiger partial charge in [-0.2, -0.15) is 0 Å². The predicted octanol–water partition coefficient (Wildman–Crippen LogP) is 3.81. The standard InChI is InChI=1S/C18H23FN2OS/c1-4-18(5-2)12-21(8-9-23(18)22)17-10-13(3)20-16-7-6-14(19)11-15(16)17/h6-7,10-11H,4-5,8-9,12H2,1-3H3. The predicted molar refractivity (Wildman–Crippen MR) is 95.0 cm³/mol. The molecule has 3 rings (SSSR count). The first-order valence-corrected chi connectivity index (χ1v) is 9.51. The van der Waals surface area contributed by atoms with E-state index in [-0.39, 0.29) is 10.6 Å². The Hall–Kier alpha value is -1.49. The highest BCUT2D eigenvalue weighted by molar-refractivity contribution is 7.86. The zero-order valence-corrected chi connectivity index (χ0v) is 14.8. The van der Waals surface area contributed by atoms with Gasteiger partial charge < -0.3 is 4.90 Å². The molecule has 0 amide bonds. The van der Waals surface area contributed by atoms with Gasteiger partial charge in [0.15, 0.2) is 0 Å². The fourth-order valence-corrected chi connectivity index (χ4v) is 5.24. The molecule has 2 aromatic rings. The van der Waals surface area contributed by atoms with E-state index in [4.69, 9.17) is 0 Å². The molecule has 0 saturated carbocycles. The van der Waals surface area contributed by atoms with Crippen LogP contribution in [0.15, 0.2) is 24.3 Å². The molecule has 1 aliphatic heterocycles. The molecule has 2 heterocycles. The van der Waals surface area contributed by atoms with Crippen molar-refractivity contribution >= 4 is 27.4 Å². The lowest BCUT2D eigenvalue weighted by Crippen LogP contribution is -2.53. The van der Waals surface area contributed by atoms with Crippen molar-refractivity contribution in [3.63, 3.8) is 0 Å². The molecule has 23 heavy (non-hydrogen) atoms. The van der Waals surface area contributed by atoms with Crippen molar-refractivity contribution in [2.24, 2.45) is 0 Å². The van der Waals surface area contributed by atoms with Gasteiger partial charge in [0.05, 0.1) is 10.3 Å². The van der Waals surface area contributed by atoms with E-state index in [9.17, 15) is 8.60 Å². The monoisotopic (exact) mass is 334 g/mol. The Labute approximate surface area is 139 Å². The molecule has 0 N–H and O–H groups in total. The van der Waals surface area contributed by atoms with E-state index in [2.05, 4.69) is 23.7 Å². The van der Waals surface area contributed by atoms with Crippen LogP contribution in [0.4, 0.5) is 10.1 Å². The van der Waals surface area contributed by atoms with Crippen molar-refractivity contribution in [2.75, 3.05) is 23.7 Å². The Morgan fingerprint density at radius 2 is 2.04 bits per heavy atom. The van der Waals surface area contributed by atoms with Crippen molar-refractivity contribution in [1.29, 1.82) is 0 Å². The number of aryl methyl sites for hydroxylation is 1. The molecule has 3 nitrogen and oxygen atoms in total. The molecular weight excluding hydrogens is 311 g/mol. The summed E-state index contributed by atoms with van der Waals surface area (Å²) in [6, 6.07) is 6.76. The van der Waals surface area contributed by atoms with Gasteiger partial charge in [0.2, 0.25) is 0 Å². The van der Waals surface area contributed by atoms with Crippen LogP contribution in [-0.4, -0.2) is 32.8 Å². The summed E-state index contributed by atoms with van der Waals surface area (Å²) in [4.78, 5) is 6.78. The van der Waals surface area contributed by atoms with E-state index in [0.717, 1.165) is 48.2 Å². The van der Waals surface area contributed by atoms with E-state index < -0.39 is 10.8 Å². The molecule has 0 spiro atoms. The van der Waals surface area contributed by atoms with Gasteiger partial charge in [-0.15, -0.1) is 0 Å². The van der Waals surface area contributed by atoms with Crippen LogP contribution in [0.1, 0.15) is 32.4 Å². The topological polar surface area (TPSA) is 33.2 Å². The number of anilines is 1. The number of aromatic nitrogens is 1. The van der Waals surface area contributed by atoms with Gasteiger partial charge in [-0.1, -0.05) is 13.8 Å². The minimum Gasteiger partial charge on any atom is -0.369 e. The smallest absolute Gasteiger partial charge is 0.124 e. The molecular formula is C18H23FN2OS. The molecule has 1 aliphatic rings. The van der Waals surface area contributed by atoms with Crippen LogP contribution in [0.5, 0.6) is 0 Å². The van der Waals surface area contributed by atoms with Crippen molar-refractivity contribution in [2.45, 2.75) is 38.4 Å². The first-order chi connectivity index (χ1) is 11.0. The van der Waals surface area contributed by atoms with Crippen molar-refractivity contribution in [3.05, 3.63) is 35.8 Å². The minimum atomic E-state index is -0.806. The Bertz CT molecular complexity index is 758. The van der Waals surface area contributed by atoms with Crippen LogP contribution in [0.2, 0.25) is 0 Å². The molecule has 0 aliphatic carbocycles. The van der Waals surface area contributed by atoms with Gasteiger partial charge in [0, 0.05) is 46.4 Å². The molecule has 1 aromatic carbocycles. The van der Waals surface area contributed by atoms with E-state index in [1.54, 1.807) is 12.1 Å². The highest BCUT2D eigenvalue weighted by atomic mass is 32.2. The number of halogens is 1. The maximum Gasteiger partial charge on any atom is 0.124 e. The molecule has 1 saturated heterocycles. The summed E-state index contributed by atoms with van der Waals surface area (Å²) in [6.45, 7) is 7.67. The number of pyridine rings is 1. The highest BCUT2D eigenvalue weighted by Gasteiger charge is 2.39. The Balaban J connectivity index is 2.09. The van der Waals surface area contributed by atoms with Gasteiger partial charge in [0.25, 0.3) is 0 Å². The normalized spacial score (nSPS) is 20.9. The zero-order chi connectivity index (χ0) is 16.6. The summed E-state index contributed by atoms with van der Waals surface area (Å²) in [7, 11) is -0.806. The second kappa shape index (κ2) is 6.19. The lowest BCUT2D eigenvalue weighted by Gasteiger charge is -2.42. The first kappa shape index (κ1) is 16.4. The van der Waals surface area contributed by atoms with Crippen molar-refractivity contribution in [1.82, 2.24) is 4.98 Å². The number of fused-ring (bicyclic) bond motifs is 1. The lowest BCUT2D eigenvalue weighted by molar-refractivity contribution is 0.496. The number of rotatable bonds is 3. The average molecular weight is 334 g/mol. The van der Waals surface area contributed by atoms with Crippen LogP contribution in [0.25, 0.3) is 10.9 Å². The van der Waals surface area contributed by atoms with Crippen LogP contribution in [-0.2, 0) is 10.8 Å². The number of benzene rings is 1. The number of nitrogens with zero attached hydrogens (tertiary/aromatic N) is 2. The zero-order valence-electron chi connectivity index (χ0n) is 13.9. The quantitative estimate of drug-likeness (QED) is 0.856. The molecule has 0 bridgehead atoms. The van der Waals surface area contributed by atoms with Crippen LogP contribution < -0.4 is 4.90 Å². The van der Waals surface area contributed by atoms with E-state index in [0.29, 0.717) is 5.75 Å². The highest BCUT2D eigenvalue weighted by Crippen LogP contribution is 2.34. The summed E-state index contributed by atoms with van der Waals surface area (Å²) >= 11 is 0. The Morgan fingerprint density at radius 1 is 1.30 bits per heavy atom. The van der Waals surface area contributed by atoms with Gasteiger partial charge in [-0.05, 0) is 44.0 Å². The molecule has 124 valence electrons. The number of hydrogen-bond donors (Lipinski definition) is 0. The molecule has 1 unspecified atom stereocenters. The maximum atomic E-state index is 13.7. The van der Waals surface area contributed by atoms with Crippen LogP contribution in [0, 0.1) is 12.7 Å². The average Bonchev–Trinajstić information content (AvgIpc) is 2.55. The Morgan fingerprint density at radius 3 is 2.74 bits per heavy atom. The second-order valence-corrected chi connectivity index (χ2v) is 8.27. The third-order valence-electron chi connectivity index (χ3n) is 5.01. The van der Waals surface area contributed by atoms with Gasteiger partial charge in [0.1, 0.15) is 5.82 Å². The van der Waals surface area contributed by atoms with Crippen molar-refractivity contribution in [3.8, 4) is 0 Å². The third-order valence-corrected chi connectivity index (χ3v) is 7.24. The molecule has 0 radical (unpaired) electrons. The van der Waals surface area contributed by atoms with E-state index >= 15 is 0 Å². The molecule has 1 atom stereocenters. The summed E-state index contributed by atoms with van der Waals surface area (Å²) in [5.74, 6) is 0.419. The molecule has 1 fully saturated rings. The van der Waals surface area contributed by atoms with E-state index in [1.165, 1.54) is 6.07 Å². The molecule has 5 heteroatoms. The fraction of sp³-hybridized carbons (Fsp3) is 0.500. The Kier molecular flexibility index (Phi) is 4.41. The third kappa shape index (κ3) is 2.87. The summed E-state index contributed by atoms with van der Waals surface area (Å²) in [5, 5.41) is 0.837. The summed E-state index contributed by atoms with van der Waals surface area (Å²) < 4.78 is 26.1. The van der Waals surface area contributed by atoms with Gasteiger partial charge in [-0.3, -0.25) is 9.19 Å². The number of hydrogen-bond acceptors (Lipinski definition) is 3. The van der Waals surface area contributed by atoms with Crippen LogP contribution in [0.3, 0.4) is 0 Å². The minimum absolute atomic E-state index is 0.172. The van der Waals surface area contributed by atoms with Crippen LogP contribution >= 0.6 is 0 Å². The molecule has 1 aromatic heterocycles. The van der Waals surface area contributed by atoms with Gasteiger partial charge in [-0.25, -0.2) is 4.39 Å².